The zero-order chi connectivity index (χ0) is 17.5. The first-order valence-electron chi connectivity index (χ1n) is 9.23. The van der Waals surface area contributed by atoms with Crippen molar-refractivity contribution in [1.29, 1.82) is 0 Å². The largest absolute Gasteiger partial charge is 0.478 e. The molecule has 0 atom stereocenters. The van der Waals surface area contributed by atoms with Crippen LogP contribution in [-0.4, -0.2) is 22.2 Å². The maximum Gasteiger partial charge on any atom is 0.332 e. The van der Waals surface area contributed by atoms with E-state index in [4.69, 9.17) is 0 Å². The van der Waals surface area contributed by atoms with Crippen molar-refractivity contribution >= 4 is 11.9 Å². The van der Waals surface area contributed by atoms with Crippen LogP contribution in [0.4, 0.5) is 0 Å². The van der Waals surface area contributed by atoms with Gasteiger partial charge in [0, 0.05) is 11.1 Å². The van der Waals surface area contributed by atoms with E-state index in [1.165, 1.54) is 32.1 Å². The highest BCUT2D eigenvalue weighted by atomic mass is 16.4. The molecule has 0 fully saturated rings. The number of rotatable bonds is 15. The van der Waals surface area contributed by atoms with Crippen LogP contribution in [-0.2, 0) is 9.59 Å². The Balaban J connectivity index is 4.32. The zero-order valence-electron chi connectivity index (χ0n) is 14.9. The predicted molar refractivity (Wildman–Crippen MR) is 93.7 cm³/mol. The van der Waals surface area contributed by atoms with E-state index >= 15 is 0 Å². The second kappa shape index (κ2) is 14.3. The molecule has 0 heterocycles. The molecule has 0 radical (unpaired) electrons. The van der Waals surface area contributed by atoms with E-state index in [9.17, 15) is 19.8 Å². The van der Waals surface area contributed by atoms with Gasteiger partial charge in [-0.2, -0.15) is 0 Å². The minimum absolute atomic E-state index is 0.105. The van der Waals surface area contributed by atoms with Crippen molar-refractivity contribution in [1.82, 2.24) is 0 Å². The lowest BCUT2D eigenvalue weighted by molar-refractivity contribution is -0.136. The van der Waals surface area contributed by atoms with E-state index in [1.54, 1.807) is 0 Å². The molecule has 0 rings (SSSR count). The maximum atomic E-state index is 11.4. The average Bonchev–Trinajstić information content (AvgIpc) is 2.50. The molecule has 0 aromatic carbocycles. The van der Waals surface area contributed by atoms with Gasteiger partial charge in [-0.25, -0.2) is 9.59 Å². The van der Waals surface area contributed by atoms with Crippen LogP contribution in [0.5, 0.6) is 0 Å². The van der Waals surface area contributed by atoms with Gasteiger partial charge in [-0.15, -0.1) is 0 Å². The lowest BCUT2D eigenvalue weighted by Gasteiger charge is -2.09. The molecule has 0 amide bonds. The molecule has 0 spiro atoms. The smallest absolute Gasteiger partial charge is 0.332 e. The van der Waals surface area contributed by atoms with Crippen LogP contribution >= 0.6 is 0 Å². The van der Waals surface area contributed by atoms with Crippen molar-refractivity contribution in [3.8, 4) is 0 Å². The summed E-state index contributed by atoms with van der Waals surface area (Å²) in [5, 5.41) is 18.6. The SMILES string of the molecule is CCCCCCCCCCC(C(=O)O)=C(CCCCC)C(=O)O. The number of unbranched alkanes of at least 4 members (excludes halogenated alkanes) is 9. The molecule has 4 heteroatoms. The van der Waals surface area contributed by atoms with Gasteiger partial charge in [0.1, 0.15) is 0 Å². The zero-order valence-corrected chi connectivity index (χ0v) is 14.9. The summed E-state index contributed by atoms with van der Waals surface area (Å²) in [6.07, 6.45) is 12.5. The number of carboxylic acids is 2. The Bertz CT molecular complexity index is 372. The van der Waals surface area contributed by atoms with E-state index in [-0.39, 0.29) is 11.1 Å². The summed E-state index contributed by atoms with van der Waals surface area (Å²) in [6, 6.07) is 0. The molecular formula is C19H34O4. The molecule has 0 aliphatic rings. The summed E-state index contributed by atoms with van der Waals surface area (Å²) in [6.45, 7) is 4.24. The minimum atomic E-state index is -1.07. The van der Waals surface area contributed by atoms with Crippen LogP contribution in [0.3, 0.4) is 0 Å². The van der Waals surface area contributed by atoms with Crippen molar-refractivity contribution in [2.75, 3.05) is 0 Å². The van der Waals surface area contributed by atoms with Gasteiger partial charge >= 0.3 is 11.9 Å². The van der Waals surface area contributed by atoms with E-state index in [0.717, 1.165) is 38.5 Å². The quantitative estimate of drug-likeness (QED) is 0.305. The molecule has 0 aromatic rings. The van der Waals surface area contributed by atoms with E-state index in [2.05, 4.69) is 6.92 Å². The van der Waals surface area contributed by atoms with Crippen LogP contribution in [0.15, 0.2) is 11.1 Å². The van der Waals surface area contributed by atoms with Gasteiger partial charge in [-0.05, 0) is 25.7 Å². The molecule has 0 bridgehead atoms. The summed E-state index contributed by atoms with van der Waals surface area (Å²) in [5.74, 6) is -2.14. The minimum Gasteiger partial charge on any atom is -0.478 e. The summed E-state index contributed by atoms with van der Waals surface area (Å²) >= 11 is 0. The van der Waals surface area contributed by atoms with E-state index in [0.29, 0.717) is 12.8 Å². The number of hydrogen-bond donors (Lipinski definition) is 2. The third-order valence-electron chi connectivity index (χ3n) is 4.19. The molecule has 0 saturated heterocycles. The third kappa shape index (κ3) is 10.9. The van der Waals surface area contributed by atoms with Gasteiger partial charge in [0.25, 0.3) is 0 Å². The number of hydrogen-bond acceptors (Lipinski definition) is 2. The second-order valence-electron chi connectivity index (χ2n) is 6.25. The number of carboxylic acid groups (broad SMARTS) is 2. The molecule has 0 aromatic heterocycles. The van der Waals surface area contributed by atoms with Crippen molar-refractivity contribution in [2.45, 2.75) is 97.3 Å². The monoisotopic (exact) mass is 326 g/mol. The van der Waals surface area contributed by atoms with Gasteiger partial charge in [0.15, 0.2) is 0 Å². The van der Waals surface area contributed by atoms with Crippen molar-refractivity contribution in [3.63, 3.8) is 0 Å². The highest BCUT2D eigenvalue weighted by molar-refractivity contribution is 5.98. The fraction of sp³-hybridized carbons (Fsp3) is 0.789. The molecular weight excluding hydrogens is 292 g/mol. The summed E-state index contributed by atoms with van der Waals surface area (Å²) < 4.78 is 0. The third-order valence-corrected chi connectivity index (χ3v) is 4.19. The molecule has 2 N–H and O–H groups in total. The first-order chi connectivity index (χ1) is 11.0. The molecule has 4 nitrogen and oxygen atoms in total. The van der Waals surface area contributed by atoms with Gasteiger partial charge in [-0.1, -0.05) is 71.6 Å². The Morgan fingerprint density at radius 1 is 0.565 bits per heavy atom. The topological polar surface area (TPSA) is 74.6 Å². The lowest BCUT2D eigenvalue weighted by Crippen LogP contribution is -2.12. The predicted octanol–water partition coefficient (Wildman–Crippen LogP) is 5.56. The fourth-order valence-corrected chi connectivity index (χ4v) is 2.76. The van der Waals surface area contributed by atoms with Crippen LogP contribution in [0, 0.1) is 0 Å². The summed E-state index contributed by atoms with van der Waals surface area (Å²) in [5.41, 5.74) is 0.216. The van der Waals surface area contributed by atoms with Gasteiger partial charge in [0.05, 0.1) is 0 Å². The second-order valence-corrected chi connectivity index (χ2v) is 6.25. The first-order valence-corrected chi connectivity index (χ1v) is 9.23. The molecule has 0 unspecified atom stereocenters. The van der Waals surface area contributed by atoms with Gasteiger partial charge in [-0.3, -0.25) is 0 Å². The molecule has 0 saturated carbocycles. The average molecular weight is 326 g/mol. The van der Waals surface area contributed by atoms with Crippen molar-refractivity contribution < 1.29 is 19.8 Å². The molecule has 0 aliphatic heterocycles. The van der Waals surface area contributed by atoms with Crippen LogP contribution in [0.1, 0.15) is 97.3 Å². The van der Waals surface area contributed by atoms with Crippen molar-refractivity contribution in [2.24, 2.45) is 0 Å². The van der Waals surface area contributed by atoms with Gasteiger partial charge < -0.3 is 10.2 Å². The van der Waals surface area contributed by atoms with Crippen LogP contribution < -0.4 is 0 Å². The summed E-state index contributed by atoms with van der Waals surface area (Å²) in [7, 11) is 0. The lowest BCUT2D eigenvalue weighted by atomic mass is 9.96. The maximum absolute atomic E-state index is 11.4. The Labute approximate surface area is 141 Å². The van der Waals surface area contributed by atoms with Crippen LogP contribution in [0.2, 0.25) is 0 Å². The Morgan fingerprint density at radius 3 is 1.26 bits per heavy atom. The van der Waals surface area contributed by atoms with Crippen LogP contribution in [0.25, 0.3) is 0 Å². The number of aliphatic carboxylic acids is 2. The molecule has 23 heavy (non-hydrogen) atoms. The Morgan fingerprint density at radius 2 is 0.870 bits per heavy atom. The first kappa shape index (κ1) is 21.7. The normalized spacial score (nSPS) is 12.1. The standard InChI is InChI=1S/C19H34O4/c1-3-5-7-8-9-10-11-13-15-17(19(22)23)16(18(20)21)14-12-6-4-2/h3-15H2,1-2H3,(H,20,21)(H,22,23). The van der Waals surface area contributed by atoms with Crippen molar-refractivity contribution in [3.05, 3.63) is 11.1 Å². The number of carbonyl (C=O) groups is 2. The Hall–Kier alpha value is -1.32. The summed E-state index contributed by atoms with van der Waals surface area (Å²) in [4.78, 5) is 22.7. The highest BCUT2D eigenvalue weighted by Crippen LogP contribution is 2.20. The van der Waals surface area contributed by atoms with E-state index in [1.807, 2.05) is 6.92 Å². The fourth-order valence-electron chi connectivity index (χ4n) is 2.76. The Kier molecular flexibility index (Phi) is 13.5. The van der Waals surface area contributed by atoms with Gasteiger partial charge in [0.2, 0.25) is 0 Å². The highest BCUT2D eigenvalue weighted by Gasteiger charge is 2.19. The van der Waals surface area contributed by atoms with E-state index < -0.39 is 11.9 Å². The molecule has 0 aliphatic carbocycles. The molecule has 134 valence electrons.